The number of alkyl halides is 1. The van der Waals surface area contributed by atoms with Gasteiger partial charge >= 0.3 is 0 Å². The summed E-state index contributed by atoms with van der Waals surface area (Å²) in [6, 6.07) is 4.82. The highest BCUT2D eigenvalue weighted by molar-refractivity contribution is 9.10. The van der Waals surface area contributed by atoms with E-state index >= 15 is 0 Å². The van der Waals surface area contributed by atoms with Crippen molar-refractivity contribution >= 4 is 31.9 Å². The molecular weight excluding hydrogens is 311 g/mol. The molecule has 0 saturated heterocycles. The zero-order chi connectivity index (χ0) is 10.7. The van der Waals surface area contributed by atoms with Gasteiger partial charge in [0.15, 0.2) is 0 Å². The lowest BCUT2D eigenvalue weighted by Gasteiger charge is -2.14. The maximum Gasteiger partial charge on any atom is 0.123 e. The van der Waals surface area contributed by atoms with Crippen LogP contribution in [0.25, 0.3) is 0 Å². The molecule has 0 fully saturated rings. The van der Waals surface area contributed by atoms with E-state index in [-0.39, 0.29) is 5.82 Å². The summed E-state index contributed by atoms with van der Waals surface area (Å²) in [6.07, 6.45) is 0.880. The van der Waals surface area contributed by atoms with Crippen LogP contribution in [0.1, 0.15) is 19.4 Å². The van der Waals surface area contributed by atoms with Gasteiger partial charge in [0.1, 0.15) is 5.82 Å². The van der Waals surface area contributed by atoms with Crippen molar-refractivity contribution in [1.29, 1.82) is 0 Å². The van der Waals surface area contributed by atoms with Crippen LogP contribution < -0.4 is 0 Å². The van der Waals surface area contributed by atoms with E-state index in [9.17, 15) is 4.39 Å². The highest BCUT2D eigenvalue weighted by Crippen LogP contribution is 2.24. The largest absolute Gasteiger partial charge is 0.207 e. The summed E-state index contributed by atoms with van der Waals surface area (Å²) in [7, 11) is 0. The van der Waals surface area contributed by atoms with Crippen LogP contribution in [-0.4, -0.2) is 4.83 Å². The molecule has 0 spiro atoms. The monoisotopic (exact) mass is 322 g/mol. The van der Waals surface area contributed by atoms with Crippen LogP contribution in [0.4, 0.5) is 4.39 Å². The van der Waals surface area contributed by atoms with Crippen LogP contribution >= 0.6 is 31.9 Å². The Balaban J connectivity index is 2.80. The average molecular weight is 324 g/mol. The molecule has 0 nitrogen and oxygen atoms in total. The third kappa shape index (κ3) is 3.35. The molecule has 0 aliphatic heterocycles. The summed E-state index contributed by atoms with van der Waals surface area (Å²) >= 11 is 6.96. The van der Waals surface area contributed by atoms with Crippen molar-refractivity contribution in [2.24, 2.45) is 5.92 Å². The molecule has 78 valence electrons. The smallest absolute Gasteiger partial charge is 0.123 e. The molecule has 0 heterocycles. The molecule has 1 rings (SSSR count). The van der Waals surface area contributed by atoms with Crippen molar-refractivity contribution in [3.05, 3.63) is 34.1 Å². The third-order valence-electron chi connectivity index (χ3n) is 2.33. The molecule has 0 saturated carbocycles. The van der Waals surface area contributed by atoms with Gasteiger partial charge in [0.25, 0.3) is 0 Å². The Morgan fingerprint density at radius 3 is 2.57 bits per heavy atom. The highest BCUT2D eigenvalue weighted by Gasteiger charge is 2.11. The Morgan fingerprint density at radius 2 is 2.00 bits per heavy atom. The quantitative estimate of drug-likeness (QED) is 0.716. The van der Waals surface area contributed by atoms with E-state index in [2.05, 4.69) is 45.7 Å². The molecule has 1 aromatic carbocycles. The van der Waals surface area contributed by atoms with Crippen LogP contribution in [0.5, 0.6) is 0 Å². The highest BCUT2D eigenvalue weighted by atomic mass is 79.9. The second-order valence-corrected chi connectivity index (χ2v) is 5.89. The van der Waals surface area contributed by atoms with Gasteiger partial charge < -0.3 is 0 Å². The topological polar surface area (TPSA) is 0 Å². The molecule has 0 bridgehead atoms. The van der Waals surface area contributed by atoms with Crippen LogP contribution in [0.15, 0.2) is 22.7 Å². The minimum atomic E-state index is -0.169. The van der Waals surface area contributed by atoms with Gasteiger partial charge in [-0.05, 0) is 36.1 Å². The van der Waals surface area contributed by atoms with Crippen molar-refractivity contribution in [3.8, 4) is 0 Å². The molecule has 0 amide bonds. The Bertz CT molecular complexity index is 310. The Labute approximate surface area is 101 Å². The van der Waals surface area contributed by atoms with E-state index in [1.54, 1.807) is 12.1 Å². The number of rotatable bonds is 3. The molecule has 14 heavy (non-hydrogen) atoms. The van der Waals surface area contributed by atoms with Gasteiger partial charge in [-0.2, -0.15) is 0 Å². The van der Waals surface area contributed by atoms with Gasteiger partial charge in [0.05, 0.1) is 0 Å². The summed E-state index contributed by atoms with van der Waals surface area (Å²) in [5.74, 6) is 0.325. The molecular formula is C11H13Br2F. The van der Waals surface area contributed by atoms with Gasteiger partial charge in [-0.3, -0.25) is 0 Å². The first-order valence-corrected chi connectivity index (χ1v) is 6.29. The molecule has 3 heteroatoms. The molecule has 0 N–H and O–H groups in total. The molecule has 0 radical (unpaired) electrons. The maximum atomic E-state index is 13.0. The summed E-state index contributed by atoms with van der Waals surface area (Å²) in [6.45, 7) is 4.26. The summed E-state index contributed by atoms with van der Waals surface area (Å²) in [5.41, 5.74) is 1.03. The average Bonchev–Trinajstić information content (AvgIpc) is 2.11. The summed E-state index contributed by atoms with van der Waals surface area (Å²) in [5, 5.41) is 0. The number of halogens is 3. The molecule has 2 unspecified atom stereocenters. The number of hydrogen-bond donors (Lipinski definition) is 0. The van der Waals surface area contributed by atoms with Gasteiger partial charge in [-0.1, -0.05) is 45.7 Å². The standard InChI is InChI=1S/C11H13Br2F/c1-7(8(2)12)5-9-6-10(14)3-4-11(9)13/h3-4,6-8H,5H2,1-2H3. The molecule has 1 aromatic rings. The second-order valence-electron chi connectivity index (χ2n) is 3.59. The van der Waals surface area contributed by atoms with Crippen molar-refractivity contribution in [1.82, 2.24) is 0 Å². The molecule has 0 aromatic heterocycles. The molecule has 0 aliphatic rings. The fourth-order valence-corrected chi connectivity index (χ4v) is 1.80. The first-order chi connectivity index (χ1) is 6.50. The van der Waals surface area contributed by atoms with Gasteiger partial charge in [0, 0.05) is 9.30 Å². The first kappa shape index (κ1) is 12.2. The van der Waals surface area contributed by atoms with E-state index < -0.39 is 0 Å². The molecule has 2 atom stereocenters. The minimum absolute atomic E-state index is 0.169. The van der Waals surface area contributed by atoms with E-state index in [4.69, 9.17) is 0 Å². The SMILES string of the molecule is CC(Br)C(C)Cc1cc(F)ccc1Br. The fraction of sp³-hybridized carbons (Fsp3) is 0.455. The summed E-state index contributed by atoms with van der Waals surface area (Å²) in [4.78, 5) is 0.442. The zero-order valence-electron chi connectivity index (χ0n) is 8.23. The van der Waals surface area contributed by atoms with Crippen LogP contribution in [0.2, 0.25) is 0 Å². The second kappa shape index (κ2) is 5.26. The number of benzene rings is 1. The minimum Gasteiger partial charge on any atom is -0.207 e. The lowest BCUT2D eigenvalue weighted by molar-refractivity contribution is 0.573. The van der Waals surface area contributed by atoms with Crippen molar-refractivity contribution in [2.45, 2.75) is 25.1 Å². The van der Waals surface area contributed by atoms with Crippen LogP contribution in [0, 0.1) is 11.7 Å². The normalized spacial score (nSPS) is 15.2. The predicted octanol–water partition coefficient (Wildman–Crippen LogP) is 4.55. The Morgan fingerprint density at radius 1 is 1.36 bits per heavy atom. The van der Waals surface area contributed by atoms with E-state index in [1.807, 2.05) is 0 Å². The van der Waals surface area contributed by atoms with Crippen molar-refractivity contribution in [3.63, 3.8) is 0 Å². The Hall–Kier alpha value is 0.110. The predicted molar refractivity (Wildman–Crippen MR) is 65.4 cm³/mol. The lowest BCUT2D eigenvalue weighted by atomic mass is 9.99. The lowest BCUT2D eigenvalue weighted by Crippen LogP contribution is -2.10. The van der Waals surface area contributed by atoms with Gasteiger partial charge in [-0.15, -0.1) is 0 Å². The van der Waals surface area contributed by atoms with Gasteiger partial charge in [-0.25, -0.2) is 4.39 Å². The number of hydrogen-bond acceptors (Lipinski definition) is 0. The van der Waals surface area contributed by atoms with E-state index in [0.29, 0.717) is 10.7 Å². The van der Waals surface area contributed by atoms with Gasteiger partial charge in [0.2, 0.25) is 0 Å². The molecule has 0 aliphatic carbocycles. The van der Waals surface area contributed by atoms with E-state index in [0.717, 1.165) is 16.5 Å². The Kier molecular flexibility index (Phi) is 4.58. The van der Waals surface area contributed by atoms with Crippen molar-refractivity contribution < 1.29 is 4.39 Å². The zero-order valence-corrected chi connectivity index (χ0v) is 11.4. The third-order valence-corrected chi connectivity index (χ3v) is 4.01. The first-order valence-electron chi connectivity index (χ1n) is 4.58. The summed E-state index contributed by atoms with van der Waals surface area (Å²) < 4.78 is 14.0. The van der Waals surface area contributed by atoms with E-state index in [1.165, 1.54) is 6.07 Å². The van der Waals surface area contributed by atoms with Crippen LogP contribution in [-0.2, 0) is 6.42 Å². The fourth-order valence-electron chi connectivity index (χ4n) is 1.21. The van der Waals surface area contributed by atoms with Crippen molar-refractivity contribution in [2.75, 3.05) is 0 Å². The maximum absolute atomic E-state index is 13.0. The van der Waals surface area contributed by atoms with Crippen LogP contribution in [0.3, 0.4) is 0 Å².